The summed E-state index contributed by atoms with van der Waals surface area (Å²) in [5, 5.41) is 10.8. The lowest BCUT2D eigenvalue weighted by Gasteiger charge is -2.27. The number of primary amides is 1. The first-order chi connectivity index (χ1) is 10.3. The third-order valence-corrected chi connectivity index (χ3v) is 3.32. The quantitative estimate of drug-likeness (QED) is 0.592. The van der Waals surface area contributed by atoms with E-state index in [-0.39, 0.29) is 24.4 Å². The Kier molecular flexibility index (Phi) is 6.00. The minimum atomic E-state index is -0.807. The van der Waals surface area contributed by atoms with E-state index in [1.807, 2.05) is 0 Å². The van der Waals surface area contributed by atoms with E-state index in [0.717, 1.165) is 0 Å². The van der Waals surface area contributed by atoms with Crippen LogP contribution in [0.3, 0.4) is 0 Å². The highest BCUT2D eigenvalue weighted by Crippen LogP contribution is 2.20. The predicted molar refractivity (Wildman–Crippen MR) is 79.4 cm³/mol. The Balaban J connectivity index is 3.10. The molecule has 0 aromatic heterocycles. The molecule has 2 amide bonds. The second-order valence-corrected chi connectivity index (χ2v) is 4.83. The van der Waals surface area contributed by atoms with Crippen LogP contribution in [0.1, 0.15) is 22.8 Å². The molecule has 1 aromatic rings. The van der Waals surface area contributed by atoms with Gasteiger partial charge in [0, 0.05) is 30.8 Å². The predicted octanol–water partition coefficient (Wildman–Crippen LogP) is 0.866. The van der Waals surface area contributed by atoms with Crippen LogP contribution in [0.15, 0.2) is 18.2 Å². The van der Waals surface area contributed by atoms with Gasteiger partial charge in [-0.05, 0) is 26.0 Å². The molecule has 8 heteroatoms. The molecule has 1 rings (SSSR count). The van der Waals surface area contributed by atoms with Crippen molar-refractivity contribution in [2.45, 2.75) is 19.9 Å². The Bertz CT molecular complexity index is 588. The molecule has 1 atom stereocenters. The number of ether oxygens (including phenoxy) is 1. The molecule has 0 bridgehead atoms. The van der Waals surface area contributed by atoms with Crippen LogP contribution in [-0.2, 0) is 9.53 Å². The van der Waals surface area contributed by atoms with Crippen LogP contribution in [0, 0.1) is 17.0 Å². The molecule has 22 heavy (non-hydrogen) atoms. The first kappa shape index (κ1) is 17.6. The van der Waals surface area contributed by atoms with Gasteiger partial charge in [0.25, 0.3) is 11.6 Å². The van der Waals surface area contributed by atoms with Gasteiger partial charge < -0.3 is 15.4 Å². The molecule has 1 aromatic carbocycles. The molecule has 0 aliphatic heterocycles. The molecule has 0 heterocycles. The fourth-order valence-corrected chi connectivity index (χ4v) is 1.97. The van der Waals surface area contributed by atoms with Gasteiger partial charge in [0.1, 0.15) is 6.04 Å². The molecule has 0 saturated heterocycles. The molecule has 0 aliphatic rings. The first-order valence-corrected chi connectivity index (χ1v) is 6.63. The van der Waals surface area contributed by atoms with Crippen LogP contribution in [0.4, 0.5) is 5.69 Å². The average Bonchev–Trinajstić information content (AvgIpc) is 2.46. The number of nitrogens with two attached hydrogens (primary N) is 1. The van der Waals surface area contributed by atoms with Gasteiger partial charge in [-0.3, -0.25) is 19.7 Å². The summed E-state index contributed by atoms with van der Waals surface area (Å²) in [7, 11) is 1.48. The van der Waals surface area contributed by atoms with E-state index in [9.17, 15) is 19.7 Å². The van der Waals surface area contributed by atoms with E-state index in [2.05, 4.69) is 0 Å². The number of nitrogens with zero attached hydrogens (tertiary/aromatic N) is 2. The first-order valence-electron chi connectivity index (χ1n) is 6.63. The highest BCUT2D eigenvalue weighted by molar-refractivity contribution is 5.97. The third-order valence-electron chi connectivity index (χ3n) is 3.32. The summed E-state index contributed by atoms with van der Waals surface area (Å²) in [5.41, 5.74) is 5.81. The van der Waals surface area contributed by atoms with Gasteiger partial charge in [-0.25, -0.2) is 0 Å². The van der Waals surface area contributed by atoms with Gasteiger partial charge in [-0.1, -0.05) is 0 Å². The SMILES string of the molecule is COCCN(C(=O)c1ccc([N+](=O)[O-])c(C)c1)C(C)C(N)=O. The number of carbonyl (C=O) groups excluding carboxylic acids is 2. The maximum atomic E-state index is 12.5. The van der Waals surface area contributed by atoms with Crippen molar-refractivity contribution in [1.29, 1.82) is 0 Å². The van der Waals surface area contributed by atoms with E-state index >= 15 is 0 Å². The number of carbonyl (C=O) groups is 2. The average molecular weight is 309 g/mol. The maximum Gasteiger partial charge on any atom is 0.272 e. The van der Waals surface area contributed by atoms with Crippen molar-refractivity contribution < 1.29 is 19.2 Å². The van der Waals surface area contributed by atoms with Crippen molar-refractivity contribution in [3.05, 3.63) is 39.4 Å². The molecule has 0 aliphatic carbocycles. The van der Waals surface area contributed by atoms with Crippen LogP contribution < -0.4 is 5.73 Å². The van der Waals surface area contributed by atoms with Crippen LogP contribution in [0.2, 0.25) is 0 Å². The number of amides is 2. The van der Waals surface area contributed by atoms with Gasteiger partial charge in [0.15, 0.2) is 0 Å². The molecule has 120 valence electrons. The zero-order chi connectivity index (χ0) is 16.9. The van der Waals surface area contributed by atoms with Gasteiger partial charge in [-0.2, -0.15) is 0 Å². The van der Waals surface area contributed by atoms with Crippen molar-refractivity contribution in [3.8, 4) is 0 Å². The van der Waals surface area contributed by atoms with Crippen molar-refractivity contribution in [3.63, 3.8) is 0 Å². The number of nitro benzene ring substituents is 1. The summed E-state index contributed by atoms with van der Waals surface area (Å²) in [6.45, 7) is 3.50. The standard InChI is InChI=1S/C14H19N3O5/c1-9-8-11(4-5-12(9)17(20)21)14(19)16(6-7-22-3)10(2)13(15)18/h4-5,8,10H,6-7H2,1-3H3,(H2,15,18). The van der Waals surface area contributed by atoms with E-state index < -0.39 is 22.8 Å². The lowest BCUT2D eigenvalue weighted by molar-refractivity contribution is -0.385. The molecule has 0 spiro atoms. The topological polar surface area (TPSA) is 116 Å². The second kappa shape index (κ2) is 7.51. The number of aryl methyl sites for hydroxylation is 1. The number of rotatable bonds is 7. The fourth-order valence-electron chi connectivity index (χ4n) is 1.97. The minimum absolute atomic E-state index is 0.0667. The van der Waals surface area contributed by atoms with Crippen LogP contribution in [0.25, 0.3) is 0 Å². The van der Waals surface area contributed by atoms with E-state index in [0.29, 0.717) is 5.56 Å². The molecule has 0 saturated carbocycles. The van der Waals surface area contributed by atoms with Crippen LogP contribution in [0.5, 0.6) is 0 Å². The summed E-state index contributed by atoms with van der Waals surface area (Å²) < 4.78 is 4.93. The lowest BCUT2D eigenvalue weighted by Crippen LogP contribution is -2.47. The Morgan fingerprint density at radius 1 is 1.45 bits per heavy atom. The molecule has 8 nitrogen and oxygen atoms in total. The highest BCUT2D eigenvalue weighted by Gasteiger charge is 2.25. The summed E-state index contributed by atoms with van der Waals surface area (Å²) in [4.78, 5) is 35.4. The van der Waals surface area contributed by atoms with Crippen molar-refractivity contribution >= 4 is 17.5 Å². The van der Waals surface area contributed by atoms with Gasteiger partial charge >= 0.3 is 0 Å². The summed E-state index contributed by atoms with van der Waals surface area (Å²) in [6, 6.07) is 3.25. The van der Waals surface area contributed by atoms with Crippen molar-refractivity contribution in [2.24, 2.45) is 5.73 Å². The number of hydrogen-bond acceptors (Lipinski definition) is 5. The van der Waals surface area contributed by atoms with Crippen molar-refractivity contribution in [1.82, 2.24) is 4.90 Å². The second-order valence-electron chi connectivity index (χ2n) is 4.83. The zero-order valence-corrected chi connectivity index (χ0v) is 12.7. The van der Waals surface area contributed by atoms with E-state index in [1.54, 1.807) is 6.92 Å². The maximum absolute atomic E-state index is 12.5. The number of benzene rings is 1. The third kappa shape index (κ3) is 4.01. The molecule has 0 fully saturated rings. The number of nitro groups is 1. The fraction of sp³-hybridized carbons (Fsp3) is 0.429. The molecule has 1 unspecified atom stereocenters. The van der Waals surface area contributed by atoms with Crippen LogP contribution in [-0.4, -0.2) is 47.9 Å². The Hall–Kier alpha value is -2.48. The van der Waals surface area contributed by atoms with Gasteiger partial charge in [0.2, 0.25) is 5.91 Å². The summed E-state index contributed by atoms with van der Waals surface area (Å²) in [6.07, 6.45) is 0. The molecule has 0 radical (unpaired) electrons. The van der Waals surface area contributed by atoms with Gasteiger partial charge in [0.05, 0.1) is 11.5 Å². The Morgan fingerprint density at radius 3 is 2.55 bits per heavy atom. The Labute approximate surface area is 128 Å². The minimum Gasteiger partial charge on any atom is -0.383 e. The summed E-state index contributed by atoms with van der Waals surface area (Å²) >= 11 is 0. The van der Waals surface area contributed by atoms with Gasteiger partial charge in [-0.15, -0.1) is 0 Å². The van der Waals surface area contributed by atoms with E-state index in [4.69, 9.17) is 10.5 Å². The highest BCUT2D eigenvalue weighted by atomic mass is 16.6. The summed E-state index contributed by atoms with van der Waals surface area (Å²) in [5.74, 6) is -1.07. The number of methoxy groups -OCH3 is 1. The molecule has 2 N–H and O–H groups in total. The monoisotopic (exact) mass is 309 g/mol. The largest absolute Gasteiger partial charge is 0.383 e. The molecular formula is C14H19N3O5. The van der Waals surface area contributed by atoms with Crippen LogP contribution >= 0.6 is 0 Å². The zero-order valence-electron chi connectivity index (χ0n) is 12.7. The normalized spacial score (nSPS) is 11.8. The van der Waals surface area contributed by atoms with Crippen molar-refractivity contribution in [2.75, 3.05) is 20.3 Å². The smallest absolute Gasteiger partial charge is 0.272 e. The Morgan fingerprint density at radius 2 is 2.09 bits per heavy atom. The molecular weight excluding hydrogens is 290 g/mol. The van der Waals surface area contributed by atoms with E-state index in [1.165, 1.54) is 37.1 Å². The lowest BCUT2D eigenvalue weighted by atomic mass is 10.1. The number of hydrogen-bond donors (Lipinski definition) is 1.